The van der Waals surface area contributed by atoms with Gasteiger partial charge in [-0.15, -0.1) is 0 Å². The normalized spacial score (nSPS) is 12.9. The second-order valence-electron chi connectivity index (χ2n) is 18.5. The van der Waals surface area contributed by atoms with Crippen LogP contribution in [0.5, 0.6) is 0 Å². The van der Waals surface area contributed by atoms with E-state index in [0.29, 0.717) is 19.3 Å². The Kier molecular flexibility index (Phi) is 53.4. The van der Waals surface area contributed by atoms with Gasteiger partial charge in [-0.2, -0.15) is 0 Å². The quantitative estimate of drug-likeness (QED) is 0.0262. The highest BCUT2D eigenvalue weighted by atomic mass is 16.6. The van der Waals surface area contributed by atoms with Crippen molar-refractivity contribution in [3.63, 3.8) is 0 Å². The molecule has 0 radical (unpaired) electrons. The lowest BCUT2D eigenvalue weighted by molar-refractivity contribution is -0.167. The molecule has 0 spiro atoms. The summed E-state index contributed by atoms with van der Waals surface area (Å²) in [4.78, 5) is 38.2. The third-order valence-corrected chi connectivity index (χ3v) is 11.7. The zero-order valence-electron chi connectivity index (χ0n) is 44.8. The Labute approximate surface area is 425 Å². The van der Waals surface area contributed by atoms with E-state index in [9.17, 15) is 14.4 Å². The van der Waals surface area contributed by atoms with Gasteiger partial charge in [-0.3, -0.25) is 14.4 Å². The second-order valence-corrected chi connectivity index (χ2v) is 18.5. The molecule has 1 atom stereocenters. The van der Waals surface area contributed by atoms with Gasteiger partial charge >= 0.3 is 17.9 Å². The summed E-state index contributed by atoms with van der Waals surface area (Å²) < 4.78 is 16.8. The Bertz CT molecular complexity index is 1420. The van der Waals surface area contributed by atoms with Crippen LogP contribution in [0, 0.1) is 0 Å². The van der Waals surface area contributed by atoms with Crippen molar-refractivity contribution in [2.75, 3.05) is 13.2 Å². The van der Waals surface area contributed by atoms with E-state index in [1.165, 1.54) is 77.0 Å². The van der Waals surface area contributed by atoms with Gasteiger partial charge in [0.2, 0.25) is 0 Å². The monoisotopic (exact) mass is 957 g/mol. The maximum atomic E-state index is 12.9. The van der Waals surface area contributed by atoms with Gasteiger partial charge in [0.1, 0.15) is 13.2 Å². The minimum atomic E-state index is -0.804. The Morgan fingerprint density at radius 3 is 0.899 bits per heavy atom. The first-order chi connectivity index (χ1) is 34.0. The summed E-state index contributed by atoms with van der Waals surface area (Å²) in [7, 11) is 0. The molecule has 6 heteroatoms. The predicted molar refractivity (Wildman–Crippen MR) is 297 cm³/mol. The first-order valence-electron chi connectivity index (χ1n) is 28.4. The Hall–Kier alpha value is -3.93. The Morgan fingerprint density at radius 2 is 0.565 bits per heavy atom. The van der Waals surface area contributed by atoms with Crippen LogP contribution in [0.2, 0.25) is 0 Å². The molecule has 0 aromatic rings. The number of carbonyl (C=O) groups excluding carboxylic acids is 3. The van der Waals surface area contributed by atoms with Crippen LogP contribution in [0.3, 0.4) is 0 Å². The summed E-state index contributed by atoms with van der Waals surface area (Å²) in [5.74, 6) is -0.955. The second kappa shape index (κ2) is 56.7. The third-order valence-electron chi connectivity index (χ3n) is 11.7. The lowest BCUT2D eigenvalue weighted by Gasteiger charge is -2.18. The van der Waals surface area contributed by atoms with Crippen molar-refractivity contribution in [1.29, 1.82) is 0 Å². The number of esters is 3. The van der Waals surface area contributed by atoms with Crippen molar-refractivity contribution >= 4 is 17.9 Å². The average molecular weight is 958 g/mol. The van der Waals surface area contributed by atoms with E-state index >= 15 is 0 Å². The number of carbonyl (C=O) groups is 3. The number of hydrogen-bond donors (Lipinski definition) is 0. The molecule has 0 N–H and O–H groups in total. The van der Waals surface area contributed by atoms with E-state index in [-0.39, 0.29) is 31.1 Å². The van der Waals surface area contributed by atoms with Gasteiger partial charge in [0.15, 0.2) is 6.10 Å². The fourth-order valence-corrected chi connectivity index (χ4v) is 7.47. The average Bonchev–Trinajstić information content (AvgIpc) is 3.35. The van der Waals surface area contributed by atoms with Gasteiger partial charge in [-0.1, -0.05) is 214 Å². The van der Waals surface area contributed by atoms with E-state index in [4.69, 9.17) is 14.2 Å². The van der Waals surface area contributed by atoms with E-state index in [1.807, 2.05) is 0 Å². The highest BCUT2D eigenvalue weighted by Crippen LogP contribution is 2.14. The zero-order valence-corrected chi connectivity index (χ0v) is 44.8. The highest BCUT2D eigenvalue weighted by Gasteiger charge is 2.19. The Morgan fingerprint density at radius 1 is 0.304 bits per heavy atom. The van der Waals surface area contributed by atoms with Crippen LogP contribution in [0.15, 0.2) is 109 Å². The number of rotatable bonds is 50. The highest BCUT2D eigenvalue weighted by molar-refractivity contribution is 5.71. The molecule has 0 aliphatic carbocycles. The molecule has 0 aliphatic rings. The Balaban J connectivity index is 4.50. The summed E-state index contributed by atoms with van der Waals surface area (Å²) >= 11 is 0. The topological polar surface area (TPSA) is 78.9 Å². The number of unbranched alkanes of at least 4 members (excludes halogenated alkanes) is 21. The molecule has 0 aliphatic heterocycles. The lowest BCUT2D eigenvalue weighted by atomic mass is 10.1. The molecule has 0 amide bonds. The summed E-state index contributed by atoms with van der Waals surface area (Å²) in [6.07, 6.45) is 76.4. The molecule has 392 valence electrons. The molecule has 0 rings (SSSR count). The van der Waals surface area contributed by atoms with E-state index in [0.717, 1.165) is 135 Å². The minimum absolute atomic E-state index is 0.101. The van der Waals surface area contributed by atoms with Crippen LogP contribution >= 0.6 is 0 Å². The molecule has 0 aromatic heterocycles. The minimum Gasteiger partial charge on any atom is -0.462 e. The van der Waals surface area contributed by atoms with Crippen molar-refractivity contribution in [2.24, 2.45) is 0 Å². The van der Waals surface area contributed by atoms with Crippen LogP contribution in [0.25, 0.3) is 0 Å². The van der Waals surface area contributed by atoms with Gasteiger partial charge in [-0.05, 0) is 128 Å². The fourth-order valence-electron chi connectivity index (χ4n) is 7.47. The predicted octanol–water partition coefficient (Wildman–Crippen LogP) is 19.1. The van der Waals surface area contributed by atoms with Crippen molar-refractivity contribution in [2.45, 2.75) is 258 Å². The maximum Gasteiger partial charge on any atom is 0.306 e. The molecular weight excluding hydrogens is 853 g/mol. The molecular formula is C63H104O6. The lowest BCUT2D eigenvalue weighted by Crippen LogP contribution is -2.30. The smallest absolute Gasteiger partial charge is 0.306 e. The molecule has 0 bridgehead atoms. The molecule has 0 saturated heterocycles. The van der Waals surface area contributed by atoms with Gasteiger partial charge in [0, 0.05) is 19.3 Å². The molecule has 0 aromatic carbocycles. The van der Waals surface area contributed by atoms with Gasteiger partial charge in [0.05, 0.1) is 0 Å². The van der Waals surface area contributed by atoms with Crippen LogP contribution in [0.4, 0.5) is 0 Å². The molecule has 0 unspecified atom stereocenters. The van der Waals surface area contributed by atoms with Crippen molar-refractivity contribution in [3.05, 3.63) is 109 Å². The SMILES string of the molecule is CC/C=C\C/C=C\C/C=C\C/C=C\C/C=C\CCCCCC(=O)OC[C@H](COC(=O)CCCCCCC/C=C\C/C=C\CCCCC)OC(=O)CCCCCCCCC/C=C\C/C=C\CCCCC. The van der Waals surface area contributed by atoms with Gasteiger partial charge in [-0.25, -0.2) is 0 Å². The van der Waals surface area contributed by atoms with Crippen LogP contribution in [-0.2, 0) is 28.6 Å². The third kappa shape index (κ3) is 54.9. The number of hydrogen-bond acceptors (Lipinski definition) is 6. The first-order valence-corrected chi connectivity index (χ1v) is 28.4. The summed E-state index contributed by atoms with van der Waals surface area (Å²) in [5, 5.41) is 0. The van der Waals surface area contributed by atoms with Gasteiger partial charge < -0.3 is 14.2 Å². The molecule has 6 nitrogen and oxygen atoms in total. The van der Waals surface area contributed by atoms with Gasteiger partial charge in [0.25, 0.3) is 0 Å². The standard InChI is InChI=1S/C63H104O6/c1-4-7-10-13-16-19-22-25-28-30-31-33-35-38-41-44-47-50-53-56-62(65)68-59-60(58-67-61(64)55-52-49-46-43-40-37-34-27-24-21-18-15-12-9-6-3)69-63(66)57-54-51-48-45-42-39-36-32-29-26-23-20-17-14-11-8-5-2/h7,10,16-21,25-29,31,33-34,38,41,60H,4-6,8-9,11-15,22-24,30,32,35-37,39-40,42-59H2,1-3H3/b10-7-,19-16-,20-17-,21-18-,28-25-,29-26-,33-31-,34-27-,41-38-/t60-/m0/s1. The van der Waals surface area contributed by atoms with Crippen molar-refractivity contribution in [3.8, 4) is 0 Å². The molecule has 0 saturated carbocycles. The first kappa shape index (κ1) is 65.1. The van der Waals surface area contributed by atoms with Crippen molar-refractivity contribution < 1.29 is 28.6 Å². The molecule has 69 heavy (non-hydrogen) atoms. The summed E-state index contributed by atoms with van der Waals surface area (Å²) in [6, 6.07) is 0. The number of ether oxygens (including phenoxy) is 3. The van der Waals surface area contributed by atoms with Crippen LogP contribution in [-0.4, -0.2) is 37.2 Å². The largest absolute Gasteiger partial charge is 0.462 e. The maximum absolute atomic E-state index is 12.9. The fraction of sp³-hybridized carbons (Fsp3) is 0.667. The summed E-state index contributed by atoms with van der Waals surface area (Å²) in [5.41, 5.74) is 0. The summed E-state index contributed by atoms with van der Waals surface area (Å²) in [6.45, 7) is 6.43. The van der Waals surface area contributed by atoms with Crippen LogP contribution in [0.1, 0.15) is 252 Å². The number of allylic oxidation sites excluding steroid dienone is 18. The van der Waals surface area contributed by atoms with E-state index in [1.54, 1.807) is 0 Å². The molecule has 0 heterocycles. The zero-order chi connectivity index (χ0) is 50.0. The van der Waals surface area contributed by atoms with Crippen molar-refractivity contribution in [1.82, 2.24) is 0 Å². The molecule has 0 fully saturated rings. The van der Waals surface area contributed by atoms with E-state index in [2.05, 4.69) is 130 Å². The van der Waals surface area contributed by atoms with Crippen LogP contribution < -0.4 is 0 Å². The van der Waals surface area contributed by atoms with E-state index < -0.39 is 6.10 Å².